The summed E-state index contributed by atoms with van der Waals surface area (Å²) in [5.41, 5.74) is 5.95. The molecule has 3 aromatic rings. The van der Waals surface area contributed by atoms with E-state index in [1.54, 1.807) is 11.1 Å². The number of nitrogens with one attached hydrogen (secondary N) is 1. The molecule has 0 spiro atoms. The number of imidazole rings is 1. The molecular formula is C28H36N4. The summed E-state index contributed by atoms with van der Waals surface area (Å²) in [5.74, 6) is 1.18. The average Bonchev–Trinajstić information content (AvgIpc) is 3.41. The number of hydrogen-bond acceptors (Lipinski definition) is 3. The molecule has 0 radical (unpaired) electrons. The third kappa shape index (κ3) is 3.22. The fraction of sp³-hybridized carbons (Fsp3) is 0.536. The van der Waals surface area contributed by atoms with Gasteiger partial charge in [-0.25, -0.2) is 4.98 Å². The van der Waals surface area contributed by atoms with E-state index in [0.29, 0.717) is 11.5 Å². The summed E-state index contributed by atoms with van der Waals surface area (Å²) in [5, 5.41) is 3.54. The fourth-order valence-corrected chi connectivity index (χ4v) is 7.42. The molecule has 0 saturated carbocycles. The molecule has 1 aliphatic carbocycles. The summed E-state index contributed by atoms with van der Waals surface area (Å²) >= 11 is 0. The second-order valence-electron chi connectivity index (χ2n) is 10.5. The number of piperidine rings is 1. The van der Waals surface area contributed by atoms with Crippen molar-refractivity contribution in [3.05, 3.63) is 65.5 Å². The molecular weight excluding hydrogens is 392 g/mol. The molecule has 32 heavy (non-hydrogen) atoms. The van der Waals surface area contributed by atoms with Crippen LogP contribution in [0.5, 0.6) is 0 Å². The van der Waals surface area contributed by atoms with E-state index in [1.807, 2.05) is 0 Å². The van der Waals surface area contributed by atoms with E-state index in [4.69, 9.17) is 4.98 Å². The molecule has 2 aliphatic heterocycles. The first-order chi connectivity index (χ1) is 15.7. The van der Waals surface area contributed by atoms with Gasteiger partial charge < -0.3 is 9.88 Å². The number of likely N-dealkylation sites (N-methyl/N-ethyl adjacent to an activating group) is 1. The second-order valence-corrected chi connectivity index (χ2v) is 10.5. The standard InChI is InChI=1S/C28H36N4/c1-20-30-26-9-5-6-10-27(26)32(20)24-17-22-11-12-23(18-24)31(22)16-15-28(19-29-2)14-13-21-7-3-4-8-25(21)28/h3-10,22-24,29H,11-19H2,1-2H3/t22-,23+,24+,28?. The van der Waals surface area contributed by atoms with Crippen LogP contribution in [0, 0.1) is 6.92 Å². The van der Waals surface area contributed by atoms with Gasteiger partial charge in [-0.2, -0.15) is 0 Å². The van der Waals surface area contributed by atoms with Gasteiger partial charge in [-0.3, -0.25) is 4.90 Å². The maximum Gasteiger partial charge on any atom is 0.106 e. The summed E-state index contributed by atoms with van der Waals surface area (Å²) in [7, 11) is 2.12. The molecule has 3 heterocycles. The van der Waals surface area contributed by atoms with Gasteiger partial charge in [0.25, 0.3) is 0 Å². The van der Waals surface area contributed by atoms with Crippen molar-refractivity contribution in [3.8, 4) is 0 Å². The first-order valence-electron chi connectivity index (χ1n) is 12.6. The average molecular weight is 429 g/mol. The Morgan fingerprint density at radius 2 is 1.75 bits per heavy atom. The van der Waals surface area contributed by atoms with Gasteiger partial charge in [-0.05, 0) is 88.7 Å². The minimum atomic E-state index is 0.304. The van der Waals surface area contributed by atoms with E-state index in [0.717, 1.165) is 24.1 Å². The molecule has 2 saturated heterocycles. The van der Waals surface area contributed by atoms with Crippen molar-refractivity contribution >= 4 is 11.0 Å². The summed E-state index contributed by atoms with van der Waals surface area (Å²) in [6.07, 6.45) is 9.07. The van der Waals surface area contributed by atoms with Crippen LogP contribution in [0.4, 0.5) is 0 Å². The monoisotopic (exact) mass is 428 g/mol. The summed E-state index contributed by atoms with van der Waals surface area (Å²) in [6, 6.07) is 19.9. The molecule has 2 bridgehead atoms. The van der Waals surface area contributed by atoms with Gasteiger partial charge in [0, 0.05) is 30.1 Å². The molecule has 1 N–H and O–H groups in total. The predicted molar refractivity (Wildman–Crippen MR) is 131 cm³/mol. The van der Waals surface area contributed by atoms with E-state index in [1.165, 1.54) is 62.8 Å². The van der Waals surface area contributed by atoms with Gasteiger partial charge in [0.05, 0.1) is 11.0 Å². The Bertz CT molecular complexity index is 1100. The van der Waals surface area contributed by atoms with Crippen LogP contribution < -0.4 is 5.32 Å². The number of para-hydroxylation sites is 2. The Hall–Kier alpha value is -2.17. The summed E-state index contributed by atoms with van der Waals surface area (Å²) < 4.78 is 2.55. The van der Waals surface area contributed by atoms with Crippen LogP contribution in [0.2, 0.25) is 0 Å². The minimum absolute atomic E-state index is 0.304. The van der Waals surface area contributed by atoms with Crippen molar-refractivity contribution in [1.82, 2.24) is 19.8 Å². The Morgan fingerprint density at radius 1 is 1.00 bits per heavy atom. The van der Waals surface area contributed by atoms with Crippen LogP contribution in [-0.2, 0) is 11.8 Å². The topological polar surface area (TPSA) is 33.1 Å². The van der Waals surface area contributed by atoms with E-state index in [-0.39, 0.29) is 0 Å². The van der Waals surface area contributed by atoms with E-state index in [2.05, 4.69) is 77.3 Å². The van der Waals surface area contributed by atoms with Gasteiger partial charge in [0.15, 0.2) is 0 Å². The quantitative estimate of drug-likeness (QED) is 0.599. The van der Waals surface area contributed by atoms with Crippen LogP contribution in [0.1, 0.15) is 61.5 Å². The summed E-state index contributed by atoms with van der Waals surface area (Å²) in [4.78, 5) is 7.75. The number of rotatable bonds is 6. The number of benzene rings is 2. The van der Waals surface area contributed by atoms with Crippen molar-refractivity contribution in [1.29, 1.82) is 0 Å². The lowest BCUT2D eigenvalue weighted by Crippen LogP contribution is -2.46. The predicted octanol–water partition coefficient (Wildman–Crippen LogP) is 5.01. The van der Waals surface area contributed by atoms with Crippen LogP contribution in [-0.4, -0.2) is 46.7 Å². The molecule has 3 aliphatic rings. The lowest BCUT2D eigenvalue weighted by atomic mass is 9.78. The van der Waals surface area contributed by atoms with Crippen LogP contribution in [0.25, 0.3) is 11.0 Å². The van der Waals surface area contributed by atoms with Crippen LogP contribution in [0.15, 0.2) is 48.5 Å². The molecule has 1 aromatic heterocycles. The normalized spacial score (nSPS) is 29.6. The lowest BCUT2D eigenvalue weighted by molar-refractivity contribution is 0.0967. The van der Waals surface area contributed by atoms with Gasteiger partial charge in [-0.1, -0.05) is 36.4 Å². The first-order valence-corrected chi connectivity index (χ1v) is 12.6. The number of aryl methyl sites for hydroxylation is 2. The van der Waals surface area contributed by atoms with Gasteiger partial charge in [0.1, 0.15) is 5.82 Å². The molecule has 1 unspecified atom stereocenters. The molecule has 6 rings (SSSR count). The van der Waals surface area contributed by atoms with Crippen molar-refractivity contribution in [2.45, 2.75) is 75.4 Å². The first kappa shape index (κ1) is 20.4. The third-order valence-electron chi connectivity index (χ3n) is 8.82. The highest BCUT2D eigenvalue weighted by Gasteiger charge is 2.44. The molecule has 4 atom stereocenters. The zero-order valence-corrected chi connectivity index (χ0v) is 19.6. The Balaban J connectivity index is 1.21. The highest BCUT2D eigenvalue weighted by Crippen LogP contribution is 2.45. The largest absolute Gasteiger partial charge is 0.325 e. The molecule has 2 fully saturated rings. The molecule has 4 heteroatoms. The van der Waals surface area contributed by atoms with Gasteiger partial charge in [-0.15, -0.1) is 0 Å². The Kier molecular flexibility index (Phi) is 5.11. The second kappa shape index (κ2) is 8.00. The van der Waals surface area contributed by atoms with E-state index < -0.39 is 0 Å². The maximum absolute atomic E-state index is 4.86. The van der Waals surface area contributed by atoms with E-state index >= 15 is 0 Å². The van der Waals surface area contributed by atoms with E-state index in [9.17, 15) is 0 Å². The third-order valence-corrected chi connectivity index (χ3v) is 8.82. The fourth-order valence-electron chi connectivity index (χ4n) is 7.42. The highest BCUT2D eigenvalue weighted by atomic mass is 15.2. The van der Waals surface area contributed by atoms with Crippen LogP contribution in [0.3, 0.4) is 0 Å². The van der Waals surface area contributed by atoms with Crippen molar-refractivity contribution in [3.63, 3.8) is 0 Å². The molecule has 2 aromatic carbocycles. The number of fused-ring (bicyclic) bond motifs is 4. The van der Waals surface area contributed by atoms with Crippen LogP contribution >= 0.6 is 0 Å². The Labute approximate surface area is 192 Å². The SMILES string of the molecule is CNCC1(CCN2[C@@H]3CC[C@H]2C[C@@H](n2c(C)nc4ccccc42)C3)CCc2ccccc21. The summed E-state index contributed by atoms with van der Waals surface area (Å²) in [6.45, 7) is 4.52. The smallest absolute Gasteiger partial charge is 0.106 e. The number of nitrogens with zero attached hydrogens (tertiary/aromatic N) is 3. The Morgan fingerprint density at radius 3 is 2.56 bits per heavy atom. The van der Waals surface area contributed by atoms with Crippen molar-refractivity contribution < 1.29 is 0 Å². The maximum atomic E-state index is 4.86. The zero-order valence-electron chi connectivity index (χ0n) is 19.6. The molecule has 4 nitrogen and oxygen atoms in total. The molecule has 0 amide bonds. The molecule has 168 valence electrons. The number of hydrogen-bond donors (Lipinski definition) is 1. The van der Waals surface area contributed by atoms with Crippen molar-refractivity contribution in [2.75, 3.05) is 20.1 Å². The van der Waals surface area contributed by atoms with Gasteiger partial charge >= 0.3 is 0 Å². The minimum Gasteiger partial charge on any atom is -0.325 e. The highest BCUT2D eigenvalue weighted by molar-refractivity contribution is 5.76. The lowest BCUT2D eigenvalue weighted by Gasteiger charge is -2.42. The number of aromatic nitrogens is 2. The zero-order chi connectivity index (χ0) is 21.7. The van der Waals surface area contributed by atoms with Gasteiger partial charge in [0.2, 0.25) is 0 Å². The van der Waals surface area contributed by atoms with Crippen molar-refractivity contribution in [2.24, 2.45) is 0 Å².